The van der Waals surface area contributed by atoms with Crippen LogP contribution in [0.2, 0.25) is 15.1 Å². The van der Waals surface area contributed by atoms with Crippen molar-refractivity contribution >= 4 is 81.8 Å². The van der Waals surface area contributed by atoms with Crippen molar-refractivity contribution in [1.29, 1.82) is 0 Å². The van der Waals surface area contributed by atoms with Crippen LogP contribution in [0.3, 0.4) is 0 Å². The molecule has 282 valence electrons. The molecule has 3 aliphatic rings. The summed E-state index contributed by atoms with van der Waals surface area (Å²) in [4.78, 5) is 93.6. The van der Waals surface area contributed by atoms with Crippen molar-refractivity contribution in [2.75, 3.05) is 51.7 Å². The molecular weight excluding hydrogens is 763 g/mol. The maximum absolute atomic E-state index is 13.6. The van der Waals surface area contributed by atoms with Crippen LogP contribution < -0.4 is 20.7 Å². The lowest BCUT2D eigenvalue weighted by Crippen LogP contribution is -2.54. The molecule has 0 saturated carbocycles. The van der Waals surface area contributed by atoms with E-state index in [0.717, 1.165) is 4.90 Å². The van der Waals surface area contributed by atoms with Crippen molar-refractivity contribution in [3.05, 3.63) is 80.3 Å². The van der Waals surface area contributed by atoms with Crippen molar-refractivity contribution in [2.45, 2.75) is 31.7 Å². The third-order valence-electron chi connectivity index (χ3n) is 9.45. The maximum Gasteiger partial charge on any atom is 0.264 e. The van der Waals surface area contributed by atoms with Crippen molar-refractivity contribution in [1.82, 2.24) is 25.3 Å². The predicted molar refractivity (Wildman–Crippen MR) is 200 cm³/mol. The number of piperidine rings is 1. The van der Waals surface area contributed by atoms with Gasteiger partial charge in [-0.25, -0.2) is 0 Å². The molecule has 0 spiro atoms. The first-order valence-electron chi connectivity index (χ1n) is 17.1. The number of amides is 7. The van der Waals surface area contributed by atoms with E-state index in [1.54, 1.807) is 52.3 Å². The molecule has 14 nitrogen and oxygen atoms in total. The van der Waals surface area contributed by atoms with Crippen LogP contribution in [0.1, 0.15) is 56.8 Å². The van der Waals surface area contributed by atoms with E-state index in [4.69, 9.17) is 39.5 Å². The van der Waals surface area contributed by atoms with Crippen LogP contribution in [0, 0.1) is 0 Å². The zero-order valence-electron chi connectivity index (χ0n) is 29.0. The van der Waals surface area contributed by atoms with Gasteiger partial charge in [0.2, 0.25) is 23.6 Å². The summed E-state index contributed by atoms with van der Waals surface area (Å²) in [5.41, 5.74) is 1.98. The molecule has 0 aliphatic carbocycles. The van der Waals surface area contributed by atoms with Crippen LogP contribution in [0.4, 0.5) is 5.69 Å². The molecule has 1 atom stereocenters. The summed E-state index contributed by atoms with van der Waals surface area (Å²) in [5.74, 6) is -2.99. The minimum atomic E-state index is -1.08. The van der Waals surface area contributed by atoms with Gasteiger partial charge in [0.1, 0.15) is 11.8 Å². The Morgan fingerprint density at radius 2 is 1.56 bits per heavy atom. The number of nitrogens with zero attached hydrogens (tertiary/aromatic N) is 3. The molecule has 0 aromatic heterocycles. The van der Waals surface area contributed by atoms with Crippen LogP contribution in [0.5, 0.6) is 5.75 Å². The number of hydrogen-bond donors (Lipinski definition) is 3. The molecule has 3 N–H and O–H groups in total. The first-order chi connectivity index (χ1) is 25.9. The summed E-state index contributed by atoms with van der Waals surface area (Å²) >= 11 is 19.1. The summed E-state index contributed by atoms with van der Waals surface area (Å²) in [7, 11) is 1.44. The minimum absolute atomic E-state index is 0.0169. The second kappa shape index (κ2) is 16.5. The van der Waals surface area contributed by atoms with Crippen molar-refractivity contribution in [3.8, 4) is 16.9 Å². The average molecular weight is 798 g/mol. The molecule has 17 heteroatoms. The van der Waals surface area contributed by atoms with Crippen LogP contribution >= 0.6 is 34.8 Å². The van der Waals surface area contributed by atoms with Crippen LogP contribution in [-0.4, -0.2) is 108 Å². The highest BCUT2D eigenvalue weighted by Crippen LogP contribution is 2.39. The highest BCUT2D eigenvalue weighted by molar-refractivity contribution is 6.38. The maximum atomic E-state index is 13.6. The zero-order valence-corrected chi connectivity index (χ0v) is 31.3. The van der Waals surface area contributed by atoms with Gasteiger partial charge in [-0.1, -0.05) is 40.9 Å². The Bertz CT molecular complexity index is 2070. The smallest absolute Gasteiger partial charge is 0.264 e. The van der Waals surface area contributed by atoms with Gasteiger partial charge in [-0.05, 0) is 42.8 Å². The monoisotopic (exact) mass is 796 g/mol. The molecule has 0 radical (unpaired) electrons. The number of anilines is 1. The number of methoxy groups -OCH3 is 1. The fraction of sp³-hybridized carbons (Fsp3) is 0.324. The Balaban J connectivity index is 0.961. The molecular formula is C37H35Cl3N6O8. The lowest BCUT2D eigenvalue weighted by Gasteiger charge is -2.35. The van der Waals surface area contributed by atoms with Gasteiger partial charge in [0, 0.05) is 91.5 Å². The van der Waals surface area contributed by atoms with Gasteiger partial charge in [-0.15, -0.1) is 0 Å². The zero-order chi connectivity index (χ0) is 38.7. The van der Waals surface area contributed by atoms with Gasteiger partial charge in [-0.2, -0.15) is 0 Å². The molecule has 6 rings (SSSR count). The molecule has 3 aromatic carbocycles. The summed E-state index contributed by atoms with van der Waals surface area (Å²) in [6.07, 6.45) is -0.0139. The Labute approximate surface area is 325 Å². The van der Waals surface area contributed by atoms with Crippen LogP contribution in [0.25, 0.3) is 11.1 Å². The SMILES string of the molecule is COc1cc(Cl)c(-c2cc(Cl)ccc2Cl)cc1C(=O)N1CCN(C(=O)CCC(=O)NCCNc2cccc3c2C(=O)N(C2CCC(=O)NC2=O)C3=O)CC1. The van der Waals surface area contributed by atoms with Crippen molar-refractivity contribution in [3.63, 3.8) is 0 Å². The van der Waals surface area contributed by atoms with Gasteiger partial charge < -0.3 is 25.2 Å². The highest BCUT2D eigenvalue weighted by atomic mass is 35.5. The van der Waals surface area contributed by atoms with E-state index in [9.17, 15) is 33.6 Å². The minimum Gasteiger partial charge on any atom is -0.496 e. The summed E-state index contributed by atoms with van der Waals surface area (Å²) in [6, 6.07) is 11.8. The second-order valence-corrected chi connectivity index (χ2v) is 14.0. The number of carbonyl (C=O) groups excluding carboxylic acids is 7. The Morgan fingerprint density at radius 3 is 2.28 bits per heavy atom. The normalized spacial score (nSPS) is 17.0. The third-order valence-corrected chi connectivity index (χ3v) is 10.3. The van der Waals surface area contributed by atoms with Gasteiger partial charge >= 0.3 is 0 Å². The molecule has 3 heterocycles. The second-order valence-electron chi connectivity index (χ2n) is 12.8. The molecule has 3 aliphatic heterocycles. The van der Waals surface area contributed by atoms with Gasteiger partial charge in [0.05, 0.1) is 28.8 Å². The number of nitrogens with one attached hydrogen (secondary N) is 3. The van der Waals surface area contributed by atoms with Gasteiger partial charge in [0.15, 0.2) is 0 Å². The van der Waals surface area contributed by atoms with Crippen LogP contribution in [0.15, 0.2) is 48.5 Å². The Hall–Kier alpha value is -5.18. The number of carbonyl (C=O) groups is 7. The number of fused-ring (bicyclic) bond motifs is 1. The molecule has 1 unspecified atom stereocenters. The topological polar surface area (TPSA) is 175 Å². The quantitative estimate of drug-likeness (QED) is 0.191. The van der Waals surface area contributed by atoms with E-state index in [1.807, 2.05) is 0 Å². The summed E-state index contributed by atoms with van der Waals surface area (Å²) in [5, 5.41) is 9.17. The number of ether oxygens (including phenoxy) is 1. The fourth-order valence-electron chi connectivity index (χ4n) is 6.66. The summed E-state index contributed by atoms with van der Waals surface area (Å²) in [6.45, 7) is 1.47. The molecule has 2 fully saturated rings. The number of halogens is 3. The molecule has 2 saturated heterocycles. The van der Waals surface area contributed by atoms with E-state index >= 15 is 0 Å². The molecule has 54 heavy (non-hydrogen) atoms. The van der Waals surface area contributed by atoms with Crippen LogP contribution in [-0.2, 0) is 19.2 Å². The lowest BCUT2D eigenvalue weighted by atomic mass is 10.0. The third kappa shape index (κ3) is 8.00. The predicted octanol–water partition coefficient (Wildman–Crippen LogP) is 4.02. The molecule has 0 bridgehead atoms. The van der Waals surface area contributed by atoms with Crippen molar-refractivity contribution in [2.24, 2.45) is 0 Å². The van der Waals surface area contributed by atoms with Crippen molar-refractivity contribution < 1.29 is 38.3 Å². The Morgan fingerprint density at radius 1 is 0.833 bits per heavy atom. The van der Waals surface area contributed by atoms with Gasteiger partial charge in [-0.3, -0.25) is 43.8 Å². The molecule has 7 amide bonds. The van der Waals surface area contributed by atoms with Gasteiger partial charge in [0.25, 0.3) is 17.7 Å². The largest absolute Gasteiger partial charge is 0.496 e. The first kappa shape index (κ1) is 38.5. The standard InChI is InChI=1S/C37H35Cl3N6O8/c1-54-29-19-26(40)23(22-17-20(38)5-6-25(22)39)18-24(29)35(51)45-15-13-44(14-16-45)32(49)10-9-30(47)42-12-11-41-27-4-2-3-21-33(27)37(53)46(36(21)52)28-7-8-31(48)43-34(28)50/h2-6,17-19,28,41H,7-16H2,1H3,(H,42,47)(H,43,48,50). The summed E-state index contributed by atoms with van der Waals surface area (Å²) < 4.78 is 5.47. The first-order valence-corrected chi connectivity index (χ1v) is 18.3. The number of piperazine rings is 1. The Kier molecular flexibility index (Phi) is 11.7. The number of hydrogen-bond acceptors (Lipinski definition) is 9. The number of rotatable bonds is 11. The highest BCUT2D eigenvalue weighted by Gasteiger charge is 2.45. The molecule has 3 aromatic rings. The van der Waals surface area contributed by atoms with E-state index in [-0.39, 0.29) is 99.4 Å². The van der Waals surface area contributed by atoms with E-state index in [1.165, 1.54) is 13.2 Å². The van der Waals surface area contributed by atoms with E-state index < -0.39 is 29.7 Å². The number of imide groups is 2. The lowest BCUT2D eigenvalue weighted by molar-refractivity contribution is -0.136. The van der Waals surface area contributed by atoms with E-state index in [0.29, 0.717) is 37.6 Å². The van der Waals surface area contributed by atoms with E-state index in [2.05, 4.69) is 16.0 Å². The average Bonchev–Trinajstić information content (AvgIpc) is 3.42. The number of benzene rings is 3. The fourth-order valence-corrected chi connectivity index (χ4v) is 7.31.